The Hall–Kier alpha value is -0.340. The number of hydrogen-bond acceptors (Lipinski definition) is 0. The zero-order valence-electron chi connectivity index (χ0n) is 11.0. The fraction of sp³-hybridized carbons (Fsp3) is 0.375. The minimum absolute atomic E-state index is 0.172. The topological polar surface area (TPSA) is 0 Å². The highest BCUT2D eigenvalue weighted by atomic mass is 79.9. The molecule has 96 valence electrons. The molecule has 1 aliphatic carbocycles. The number of allylic oxidation sites excluding steroid dienone is 4. The van der Waals surface area contributed by atoms with Crippen LogP contribution in [0.4, 0.5) is 0 Å². The van der Waals surface area contributed by atoms with Gasteiger partial charge < -0.3 is 0 Å². The monoisotopic (exact) mass is 368 g/mol. The summed E-state index contributed by atoms with van der Waals surface area (Å²) in [6.07, 6.45) is 9.80. The second-order valence-corrected chi connectivity index (χ2v) is 7.47. The number of rotatable bonds is 1. The van der Waals surface area contributed by atoms with Crippen molar-refractivity contribution in [3.63, 3.8) is 0 Å². The molecule has 1 atom stereocenters. The molecule has 0 fully saturated rings. The third-order valence-corrected chi connectivity index (χ3v) is 4.61. The molecule has 2 heteroatoms. The first-order valence-electron chi connectivity index (χ1n) is 6.22. The van der Waals surface area contributed by atoms with Crippen LogP contribution in [0.1, 0.15) is 44.2 Å². The molecular formula is C16H18Br2. The van der Waals surface area contributed by atoms with Crippen LogP contribution < -0.4 is 0 Å². The van der Waals surface area contributed by atoms with Gasteiger partial charge in [-0.3, -0.25) is 0 Å². The summed E-state index contributed by atoms with van der Waals surface area (Å²) in [5, 5.41) is 0. The molecule has 0 amide bonds. The second kappa shape index (κ2) is 5.34. The highest BCUT2D eigenvalue weighted by Crippen LogP contribution is 2.39. The third kappa shape index (κ3) is 2.97. The zero-order valence-corrected chi connectivity index (χ0v) is 14.2. The Morgan fingerprint density at radius 2 is 1.67 bits per heavy atom. The van der Waals surface area contributed by atoms with Gasteiger partial charge in [-0.05, 0) is 35.1 Å². The SMILES string of the molecule is CC(C)(C)c1cc(Br)c(C2C=CC=CC2)c(Br)c1. The molecule has 0 aliphatic heterocycles. The van der Waals surface area contributed by atoms with Crippen molar-refractivity contribution in [3.05, 3.63) is 56.5 Å². The van der Waals surface area contributed by atoms with E-state index in [-0.39, 0.29) is 5.41 Å². The van der Waals surface area contributed by atoms with Gasteiger partial charge >= 0.3 is 0 Å². The van der Waals surface area contributed by atoms with Crippen LogP contribution in [0.2, 0.25) is 0 Å². The van der Waals surface area contributed by atoms with Crippen LogP contribution in [0.25, 0.3) is 0 Å². The fourth-order valence-corrected chi connectivity index (χ4v) is 3.94. The van der Waals surface area contributed by atoms with Crippen molar-refractivity contribution in [2.75, 3.05) is 0 Å². The molecule has 2 rings (SSSR count). The van der Waals surface area contributed by atoms with Gasteiger partial charge in [0.1, 0.15) is 0 Å². The van der Waals surface area contributed by atoms with E-state index in [1.807, 2.05) is 0 Å². The van der Waals surface area contributed by atoms with E-state index in [1.165, 1.54) is 20.1 Å². The summed E-state index contributed by atoms with van der Waals surface area (Å²) in [7, 11) is 0. The van der Waals surface area contributed by atoms with E-state index < -0.39 is 0 Å². The lowest BCUT2D eigenvalue weighted by molar-refractivity contribution is 0.588. The Bertz CT molecular complexity index is 481. The lowest BCUT2D eigenvalue weighted by Crippen LogP contribution is -2.12. The molecule has 0 radical (unpaired) electrons. The Kier molecular flexibility index (Phi) is 4.18. The molecule has 0 saturated heterocycles. The largest absolute Gasteiger partial charge is 0.0836 e. The fourth-order valence-electron chi connectivity index (χ4n) is 2.17. The molecule has 1 aliphatic rings. The molecule has 1 unspecified atom stereocenters. The maximum absolute atomic E-state index is 3.74. The van der Waals surface area contributed by atoms with E-state index in [4.69, 9.17) is 0 Å². The zero-order chi connectivity index (χ0) is 13.3. The van der Waals surface area contributed by atoms with E-state index in [2.05, 4.69) is 89.1 Å². The Morgan fingerprint density at radius 1 is 1.06 bits per heavy atom. The molecule has 0 saturated carbocycles. The van der Waals surface area contributed by atoms with E-state index >= 15 is 0 Å². The van der Waals surface area contributed by atoms with Crippen molar-refractivity contribution in [2.24, 2.45) is 0 Å². The first kappa shape index (κ1) is 14.1. The van der Waals surface area contributed by atoms with Gasteiger partial charge in [0.25, 0.3) is 0 Å². The molecule has 0 heterocycles. The third-order valence-electron chi connectivity index (χ3n) is 3.30. The predicted octanol–water partition coefficient (Wildman–Crippen LogP) is 6.11. The van der Waals surface area contributed by atoms with Crippen molar-refractivity contribution < 1.29 is 0 Å². The van der Waals surface area contributed by atoms with Gasteiger partial charge in [-0.25, -0.2) is 0 Å². The van der Waals surface area contributed by atoms with Crippen molar-refractivity contribution in [2.45, 2.75) is 38.5 Å². The minimum atomic E-state index is 0.172. The maximum Gasteiger partial charge on any atom is 0.0227 e. The number of halogens is 2. The summed E-state index contributed by atoms with van der Waals surface area (Å²) in [6.45, 7) is 6.72. The summed E-state index contributed by atoms with van der Waals surface area (Å²) in [5.74, 6) is 0.466. The van der Waals surface area contributed by atoms with Crippen LogP contribution in [0.3, 0.4) is 0 Å². The van der Waals surface area contributed by atoms with Crippen LogP contribution in [0, 0.1) is 0 Å². The maximum atomic E-state index is 3.74. The smallest absolute Gasteiger partial charge is 0.0227 e. The number of benzene rings is 1. The van der Waals surface area contributed by atoms with Crippen molar-refractivity contribution in [3.8, 4) is 0 Å². The second-order valence-electron chi connectivity index (χ2n) is 5.76. The van der Waals surface area contributed by atoms with Gasteiger partial charge in [-0.15, -0.1) is 0 Å². The quantitative estimate of drug-likeness (QED) is 0.560. The molecule has 0 bridgehead atoms. The normalized spacial score (nSPS) is 19.3. The van der Waals surface area contributed by atoms with Crippen LogP contribution in [0.15, 0.2) is 45.4 Å². The summed E-state index contributed by atoms with van der Waals surface area (Å²) in [6, 6.07) is 4.51. The minimum Gasteiger partial charge on any atom is -0.0836 e. The van der Waals surface area contributed by atoms with Gasteiger partial charge in [-0.1, -0.05) is 76.9 Å². The average Bonchev–Trinajstić information content (AvgIpc) is 2.28. The molecule has 0 nitrogen and oxygen atoms in total. The Labute approximate surface area is 126 Å². The average molecular weight is 370 g/mol. The van der Waals surface area contributed by atoms with Gasteiger partial charge in [0.05, 0.1) is 0 Å². The molecular weight excluding hydrogens is 352 g/mol. The standard InChI is InChI=1S/C16H18Br2/c1-16(2,3)12-9-13(17)15(14(18)10-12)11-7-5-4-6-8-11/h4-7,9-11H,8H2,1-3H3. The van der Waals surface area contributed by atoms with Gasteiger partial charge in [0.2, 0.25) is 0 Å². The van der Waals surface area contributed by atoms with E-state index in [0.29, 0.717) is 5.92 Å². The Morgan fingerprint density at radius 3 is 2.11 bits per heavy atom. The van der Waals surface area contributed by atoms with Crippen LogP contribution in [0.5, 0.6) is 0 Å². The van der Waals surface area contributed by atoms with Crippen LogP contribution >= 0.6 is 31.9 Å². The molecule has 18 heavy (non-hydrogen) atoms. The molecule has 1 aromatic rings. The van der Waals surface area contributed by atoms with E-state index in [1.54, 1.807) is 0 Å². The summed E-state index contributed by atoms with van der Waals surface area (Å²) in [4.78, 5) is 0. The number of hydrogen-bond donors (Lipinski definition) is 0. The summed E-state index contributed by atoms with van der Waals surface area (Å²) < 4.78 is 2.40. The van der Waals surface area contributed by atoms with Crippen LogP contribution in [-0.4, -0.2) is 0 Å². The first-order chi connectivity index (χ1) is 8.39. The first-order valence-corrected chi connectivity index (χ1v) is 7.81. The molecule has 0 aromatic heterocycles. The Balaban J connectivity index is 2.44. The summed E-state index contributed by atoms with van der Waals surface area (Å²) >= 11 is 7.48. The van der Waals surface area contributed by atoms with Crippen LogP contribution in [-0.2, 0) is 5.41 Å². The highest BCUT2D eigenvalue weighted by Gasteiger charge is 2.20. The summed E-state index contributed by atoms with van der Waals surface area (Å²) in [5.41, 5.74) is 2.87. The van der Waals surface area contributed by atoms with Crippen molar-refractivity contribution in [1.82, 2.24) is 0 Å². The van der Waals surface area contributed by atoms with E-state index in [9.17, 15) is 0 Å². The predicted molar refractivity (Wildman–Crippen MR) is 86.2 cm³/mol. The van der Waals surface area contributed by atoms with E-state index in [0.717, 1.165) is 6.42 Å². The van der Waals surface area contributed by atoms with Gasteiger partial charge in [0.15, 0.2) is 0 Å². The molecule has 0 N–H and O–H groups in total. The molecule has 1 aromatic carbocycles. The highest BCUT2D eigenvalue weighted by molar-refractivity contribution is 9.11. The van der Waals surface area contributed by atoms with Gasteiger partial charge in [0, 0.05) is 14.9 Å². The lowest BCUT2D eigenvalue weighted by Gasteiger charge is -2.23. The van der Waals surface area contributed by atoms with Gasteiger partial charge in [-0.2, -0.15) is 0 Å². The van der Waals surface area contributed by atoms with Crippen molar-refractivity contribution in [1.29, 1.82) is 0 Å². The van der Waals surface area contributed by atoms with Crippen molar-refractivity contribution >= 4 is 31.9 Å². The molecule has 0 spiro atoms. The lowest BCUT2D eigenvalue weighted by atomic mass is 9.84.